The lowest BCUT2D eigenvalue weighted by atomic mass is 9.87. The molecule has 26 heavy (non-hydrogen) atoms. The molecule has 140 valence electrons. The second kappa shape index (κ2) is 7.31. The van der Waals surface area contributed by atoms with Gasteiger partial charge in [0, 0.05) is 55.3 Å². The number of hydrogen-bond donors (Lipinski definition) is 2. The van der Waals surface area contributed by atoms with Crippen LogP contribution in [0.3, 0.4) is 0 Å². The van der Waals surface area contributed by atoms with Crippen LogP contribution in [0.5, 0.6) is 0 Å². The highest BCUT2D eigenvalue weighted by Gasteiger charge is 2.42. The molecule has 1 aromatic heterocycles. The van der Waals surface area contributed by atoms with Gasteiger partial charge in [0.05, 0.1) is 6.61 Å². The molecule has 2 saturated heterocycles. The molecule has 0 bridgehead atoms. The number of nitrogens with zero attached hydrogens (tertiary/aromatic N) is 2. The normalized spacial score (nSPS) is 23.5. The lowest BCUT2D eigenvalue weighted by Crippen LogP contribution is -2.41. The van der Waals surface area contributed by atoms with Crippen molar-refractivity contribution >= 4 is 16.9 Å². The molecule has 2 N–H and O–H groups in total. The van der Waals surface area contributed by atoms with Crippen LogP contribution in [0.1, 0.15) is 30.9 Å². The largest absolute Gasteiger partial charge is 0.381 e. The van der Waals surface area contributed by atoms with E-state index in [1.165, 1.54) is 34.9 Å². The van der Waals surface area contributed by atoms with Gasteiger partial charge in [0.25, 0.3) is 0 Å². The van der Waals surface area contributed by atoms with Gasteiger partial charge in [-0.05, 0) is 44.2 Å². The predicted octanol–water partition coefficient (Wildman–Crippen LogP) is 3.10. The summed E-state index contributed by atoms with van der Waals surface area (Å²) in [4.78, 5) is 10.8. The van der Waals surface area contributed by atoms with E-state index in [9.17, 15) is 0 Å². The fourth-order valence-electron chi connectivity index (χ4n) is 4.37. The standard InChI is InChI=1S/C21H30N4O/c1-3-22-20(25-11-8-21(14-25)9-12-26-15-21)23-10-7-17-13-24-19-16(2)5-4-6-18(17)19/h4-6,13,24H,3,7-12,14-15H2,1-2H3,(H,22,23). The number of likely N-dealkylation sites (tertiary alicyclic amines) is 1. The third kappa shape index (κ3) is 3.32. The van der Waals surface area contributed by atoms with Crippen molar-refractivity contribution < 1.29 is 4.74 Å². The third-order valence-electron chi connectivity index (χ3n) is 5.91. The SMILES string of the molecule is CCNC(=NCCc1c[nH]c2c(C)cccc12)N1CCC2(CCOC2)C1. The Balaban J connectivity index is 1.44. The van der Waals surface area contributed by atoms with Gasteiger partial charge in [-0.25, -0.2) is 0 Å². The summed E-state index contributed by atoms with van der Waals surface area (Å²) in [5.74, 6) is 1.06. The number of ether oxygens (including phenoxy) is 1. The lowest BCUT2D eigenvalue weighted by molar-refractivity contribution is 0.156. The molecule has 4 rings (SSSR count). The molecule has 2 aliphatic heterocycles. The zero-order chi connectivity index (χ0) is 18.0. The minimum absolute atomic E-state index is 0.366. The maximum Gasteiger partial charge on any atom is 0.193 e. The molecular formula is C21H30N4O. The molecule has 3 heterocycles. The third-order valence-corrected chi connectivity index (χ3v) is 5.91. The van der Waals surface area contributed by atoms with Gasteiger partial charge < -0.3 is 19.9 Å². The predicted molar refractivity (Wildman–Crippen MR) is 107 cm³/mol. The number of aromatic amines is 1. The number of para-hydroxylation sites is 1. The number of fused-ring (bicyclic) bond motifs is 1. The Morgan fingerprint density at radius 1 is 1.38 bits per heavy atom. The molecule has 1 atom stereocenters. The molecule has 5 heteroatoms. The van der Waals surface area contributed by atoms with Crippen LogP contribution in [0.4, 0.5) is 0 Å². The minimum Gasteiger partial charge on any atom is -0.381 e. The first-order valence-corrected chi connectivity index (χ1v) is 9.87. The first-order valence-electron chi connectivity index (χ1n) is 9.87. The number of aliphatic imine (C=N–C) groups is 1. The number of hydrogen-bond acceptors (Lipinski definition) is 2. The van der Waals surface area contributed by atoms with Crippen LogP contribution in [-0.4, -0.2) is 55.2 Å². The Hall–Kier alpha value is -2.01. The summed E-state index contributed by atoms with van der Waals surface area (Å²) < 4.78 is 5.66. The van der Waals surface area contributed by atoms with Gasteiger partial charge in [-0.15, -0.1) is 0 Å². The molecule has 2 aliphatic rings. The second-order valence-electron chi connectivity index (χ2n) is 7.77. The summed E-state index contributed by atoms with van der Waals surface area (Å²) in [6, 6.07) is 6.49. The summed E-state index contributed by atoms with van der Waals surface area (Å²) in [6.45, 7) is 10.0. The maximum absolute atomic E-state index is 5.66. The van der Waals surface area contributed by atoms with Crippen molar-refractivity contribution in [2.75, 3.05) is 39.4 Å². The van der Waals surface area contributed by atoms with Crippen molar-refractivity contribution in [2.24, 2.45) is 10.4 Å². The fraction of sp³-hybridized carbons (Fsp3) is 0.571. The zero-order valence-electron chi connectivity index (χ0n) is 16.0. The van der Waals surface area contributed by atoms with Crippen molar-refractivity contribution in [2.45, 2.75) is 33.1 Å². The summed E-state index contributed by atoms with van der Waals surface area (Å²) in [5.41, 5.74) is 4.27. The molecule has 2 aromatic rings. The fourth-order valence-corrected chi connectivity index (χ4v) is 4.37. The smallest absolute Gasteiger partial charge is 0.193 e. The minimum atomic E-state index is 0.366. The van der Waals surface area contributed by atoms with Crippen molar-refractivity contribution in [1.82, 2.24) is 15.2 Å². The number of rotatable bonds is 4. The molecule has 5 nitrogen and oxygen atoms in total. The monoisotopic (exact) mass is 354 g/mol. The average molecular weight is 354 g/mol. The molecule has 1 spiro atoms. The van der Waals surface area contributed by atoms with Crippen LogP contribution in [0.2, 0.25) is 0 Å². The van der Waals surface area contributed by atoms with Gasteiger partial charge in [0.2, 0.25) is 0 Å². The van der Waals surface area contributed by atoms with Crippen LogP contribution in [-0.2, 0) is 11.2 Å². The van der Waals surface area contributed by atoms with Gasteiger partial charge in [-0.2, -0.15) is 0 Å². The number of aromatic nitrogens is 1. The van der Waals surface area contributed by atoms with E-state index in [0.717, 1.165) is 51.8 Å². The highest BCUT2D eigenvalue weighted by atomic mass is 16.5. The summed E-state index contributed by atoms with van der Waals surface area (Å²) in [5, 5.41) is 4.81. The van der Waals surface area contributed by atoms with E-state index in [0.29, 0.717) is 5.41 Å². The van der Waals surface area contributed by atoms with E-state index < -0.39 is 0 Å². The summed E-state index contributed by atoms with van der Waals surface area (Å²) in [7, 11) is 0. The number of aryl methyl sites for hydroxylation is 1. The highest BCUT2D eigenvalue weighted by molar-refractivity contribution is 5.86. The van der Waals surface area contributed by atoms with E-state index in [2.05, 4.69) is 53.4 Å². The maximum atomic E-state index is 5.66. The first-order chi connectivity index (χ1) is 12.7. The van der Waals surface area contributed by atoms with Crippen molar-refractivity contribution in [1.29, 1.82) is 0 Å². The Labute approximate surface area is 155 Å². The lowest BCUT2D eigenvalue weighted by Gasteiger charge is -2.25. The zero-order valence-corrected chi connectivity index (χ0v) is 16.0. The molecule has 2 fully saturated rings. The van der Waals surface area contributed by atoms with Crippen LogP contribution >= 0.6 is 0 Å². The van der Waals surface area contributed by atoms with E-state index in [1.54, 1.807) is 0 Å². The second-order valence-corrected chi connectivity index (χ2v) is 7.77. The molecular weight excluding hydrogens is 324 g/mol. The van der Waals surface area contributed by atoms with E-state index >= 15 is 0 Å². The Bertz CT molecular complexity index is 788. The van der Waals surface area contributed by atoms with Gasteiger partial charge in [-0.1, -0.05) is 18.2 Å². The average Bonchev–Trinajstić information content (AvgIpc) is 3.37. The van der Waals surface area contributed by atoms with Crippen molar-refractivity contribution in [3.05, 3.63) is 35.5 Å². The summed E-state index contributed by atoms with van der Waals surface area (Å²) in [6.07, 6.45) is 5.51. The summed E-state index contributed by atoms with van der Waals surface area (Å²) >= 11 is 0. The Kier molecular flexibility index (Phi) is 4.90. The van der Waals surface area contributed by atoms with Crippen LogP contribution in [0.25, 0.3) is 10.9 Å². The van der Waals surface area contributed by atoms with Crippen LogP contribution < -0.4 is 5.32 Å². The van der Waals surface area contributed by atoms with E-state index in [-0.39, 0.29) is 0 Å². The first kappa shape index (κ1) is 17.4. The number of benzene rings is 1. The molecule has 0 aliphatic carbocycles. The van der Waals surface area contributed by atoms with Crippen LogP contribution in [0, 0.1) is 12.3 Å². The molecule has 1 aromatic carbocycles. The topological polar surface area (TPSA) is 52.7 Å². The molecule has 0 amide bonds. The number of guanidine groups is 1. The highest BCUT2D eigenvalue weighted by Crippen LogP contribution is 2.38. The van der Waals surface area contributed by atoms with Crippen LogP contribution in [0.15, 0.2) is 29.4 Å². The van der Waals surface area contributed by atoms with E-state index in [1.807, 2.05) is 0 Å². The van der Waals surface area contributed by atoms with E-state index in [4.69, 9.17) is 9.73 Å². The molecule has 0 saturated carbocycles. The quantitative estimate of drug-likeness (QED) is 0.655. The molecule has 0 radical (unpaired) electrons. The van der Waals surface area contributed by atoms with Gasteiger partial charge in [0.1, 0.15) is 0 Å². The van der Waals surface area contributed by atoms with Gasteiger partial charge in [0.15, 0.2) is 5.96 Å². The van der Waals surface area contributed by atoms with Crippen molar-refractivity contribution in [3.8, 4) is 0 Å². The number of H-pyrrole nitrogens is 1. The van der Waals surface area contributed by atoms with Crippen molar-refractivity contribution in [3.63, 3.8) is 0 Å². The Morgan fingerprint density at radius 2 is 2.31 bits per heavy atom. The molecule has 1 unspecified atom stereocenters. The Morgan fingerprint density at radius 3 is 3.12 bits per heavy atom. The number of nitrogens with one attached hydrogen (secondary N) is 2. The van der Waals surface area contributed by atoms with Gasteiger partial charge >= 0.3 is 0 Å². The van der Waals surface area contributed by atoms with Gasteiger partial charge in [-0.3, -0.25) is 4.99 Å².